The van der Waals surface area contributed by atoms with Crippen molar-refractivity contribution in [2.75, 3.05) is 29.1 Å². The van der Waals surface area contributed by atoms with Crippen molar-refractivity contribution in [2.45, 2.75) is 39.2 Å². The van der Waals surface area contributed by atoms with Gasteiger partial charge in [-0.2, -0.15) is 0 Å². The maximum absolute atomic E-state index is 4.75. The number of amidine groups is 1. The molecule has 0 amide bonds. The zero-order valence-corrected chi connectivity index (χ0v) is 13.8. The molecule has 1 saturated heterocycles. The molecule has 0 saturated carbocycles. The Kier molecular flexibility index (Phi) is 4.73. The van der Waals surface area contributed by atoms with Crippen molar-refractivity contribution in [1.82, 2.24) is 0 Å². The maximum atomic E-state index is 4.75. The highest BCUT2D eigenvalue weighted by molar-refractivity contribution is 8.14. The van der Waals surface area contributed by atoms with Crippen molar-refractivity contribution < 1.29 is 0 Å². The van der Waals surface area contributed by atoms with Crippen molar-refractivity contribution in [1.29, 1.82) is 0 Å². The fraction of sp³-hybridized carbons (Fsp3) is 0.588. The molecule has 0 aliphatic carbocycles. The quantitative estimate of drug-likeness (QED) is 0.906. The molecule has 0 radical (unpaired) electrons. The van der Waals surface area contributed by atoms with E-state index in [4.69, 9.17) is 4.99 Å². The Morgan fingerprint density at radius 3 is 2.48 bits per heavy atom. The summed E-state index contributed by atoms with van der Waals surface area (Å²) in [5.41, 5.74) is 2.49. The summed E-state index contributed by atoms with van der Waals surface area (Å²) in [5, 5.41) is 4.52. The van der Waals surface area contributed by atoms with Crippen LogP contribution in [0.5, 0.6) is 0 Å². The van der Waals surface area contributed by atoms with Crippen LogP contribution in [0.3, 0.4) is 0 Å². The molecule has 2 aliphatic heterocycles. The number of rotatable bonds is 3. The molecule has 0 aromatic heterocycles. The van der Waals surface area contributed by atoms with Crippen LogP contribution in [0.1, 0.15) is 33.1 Å². The summed E-state index contributed by atoms with van der Waals surface area (Å²) in [6.45, 7) is 6.88. The van der Waals surface area contributed by atoms with Gasteiger partial charge in [0.25, 0.3) is 0 Å². The van der Waals surface area contributed by atoms with Crippen LogP contribution in [0.4, 0.5) is 11.4 Å². The highest BCUT2D eigenvalue weighted by atomic mass is 32.2. The van der Waals surface area contributed by atoms with E-state index >= 15 is 0 Å². The van der Waals surface area contributed by atoms with Crippen LogP contribution in [-0.4, -0.2) is 30.1 Å². The van der Waals surface area contributed by atoms with Crippen LogP contribution in [0.15, 0.2) is 29.3 Å². The molecule has 1 N–H and O–H groups in total. The van der Waals surface area contributed by atoms with Gasteiger partial charge in [-0.15, -0.1) is 0 Å². The van der Waals surface area contributed by atoms with Crippen LogP contribution < -0.4 is 10.2 Å². The molecule has 1 aromatic rings. The SMILES string of the molecule is CC(C)C1CSC(Nc2ccc(N3CCCCC3)cc2)=N1. The van der Waals surface area contributed by atoms with Crippen LogP contribution in [0.2, 0.25) is 0 Å². The second-order valence-corrected chi connectivity index (χ2v) is 7.28. The van der Waals surface area contributed by atoms with E-state index in [1.807, 2.05) is 11.8 Å². The number of nitrogens with zero attached hydrogens (tertiary/aromatic N) is 2. The fourth-order valence-corrected chi connectivity index (χ4v) is 4.02. The van der Waals surface area contributed by atoms with E-state index in [-0.39, 0.29) is 0 Å². The lowest BCUT2D eigenvalue weighted by Crippen LogP contribution is -2.29. The lowest BCUT2D eigenvalue weighted by molar-refractivity contribution is 0.543. The third-order valence-electron chi connectivity index (χ3n) is 4.28. The molecular formula is C17H25N3S. The van der Waals surface area contributed by atoms with Crippen LogP contribution in [0, 0.1) is 5.92 Å². The summed E-state index contributed by atoms with van der Waals surface area (Å²) in [5.74, 6) is 1.73. The van der Waals surface area contributed by atoms with E-state index in [1.54, 1.807) is 0 Å². The summed E-state index contributed by atoms with van der Waals surface area (Å²) >= 11 is 1.83. The molecule has 2 aliphatic rings. The molecule has 4 heteroatoms. The first-order valence-corrected chi connectivity index (χ1v) is 9.03. The lowest BCUT2D eigenvalue weighted by atomic mass is 10.1. The standard InChI is InChI=1S/C17H25N3S/c1-13(2)16-12-21-17(19-16)18-14-6-8-15(9-7-14)20-10-4-3-5-11-20/h6-9,13,16H,3-5,10-12H2,1-2H3,(H,18,19). The monoisotopic (exact) mass is 303 g/mol. The van der Waals surface area contributed by atoms with E-state index < -0.39 is 0 Å². The Bertz CT molecular complexity index is 489. The normalized spacial score (nSPS) is 22.5. The molecule has 0 bridgehead atoms. The van der Waals surface area contributed by atoms with Gasteiger partial charge in [0.05, 0.1) is 6.04 Å². The highest BCUT2D eigenvalue weighted by Crippen LogP contribution is 2.26. The van der Waals surface area contributed by atoms with Gasteiger partial charge >= 0.3 is 0 Å². The fourth-order valence-electron chi connectivity index (χ4n) is 2.83. The molecule has 1 atom stereocenters. The number of benzene rings is 1. The van der Waals surface area contributed by atoms with E-state index in [0.29, 0.717) is 12.0 Å². The van der Waals surface area contributed by atoms with Crippen molar-refractivity contribution in [3.05, 3.63) is 24.3 Å². The minimum atomic E-state index is 0.463. The summed E-state index contributed by atoms with van der Waals surface area (Å²) in [4.78, 5) is 7.24. The molecule has 1 aromatic carbocycles. The molecule has 3 rings (SSSR count). The Balaban J connectivity index is 1.61. The first-order valence-electron chi connectivity index (χ1n) is 8.05. The molecule has 21 heavy (non-hydrogen) atoms. The predicted molar refractivity (Wildman–Crippen MR) is 94.6 cm³/mol. The molecule has 114 valence electrons. The molecule has 2 heterocycles. The van der Waals surface area contributed by atoms with Gasteiger partial charge < -0.3 is 10.2 Å². The summed E-state index contributed by atoms with van der Waals surface area (Å²) in [6, 6.07) is 9.28. The van der Waals surface area contributed by atoms with Gasteiger partial charge in [-0.05, 0) is 49.4 Å². The smallest absolute Gasteiger partial charge is 0.161 e. The van der Waals surface area contributed by atoms with Gasteiger partial charge in [-0.25, -0.2) is 0 Å². The third kappa shape index (κ3) is 3.73. The van der Waals surface area contributed by atoms with E-state index in [2.05, 4.69) is 48.3 Å². The molecule has 3 nitrogen and oxygen atoms in total. The van der Waals surface area contributed by atoms with Crippen molar-refractivity contribution >= 4 is 28.3 Å². The van der Waals surface area contributed by atoms with Gasteiger partial charge in [0.1, 0.15) is 0 Å². The summed E-state index contributed by atoms with van der Waals surface area (Å²) < 4.78 is 0. The number of aliphatic imine (C=N–C) groups is 1. The van der Waals surface area contributed by atoms with Gasteiger partial charge in [0.2, 0.25) is 0 Å². The van der Waals surface area contributed by atoms with E-state index in [1.165, 1.54) is 38.0 Å². The summed E-state index contributed by atoms with van der Waals surface area (Å²) in [7, 11) is 0. The molecule has 0 spiro atoms. The van der Waals surface area contributed by atoms with Gasteiger partial charge in [-0.1, -0.05) is 25.6 Å². The Morgan fingerprint density at radius 2 is 1.86 bits per heavy atom. The molecule has 1 unspecified atom stereocenters. The maximum Gasteiger partial charge on any atom is 0.161 e. The van der Waals surface area contributed by atoms with Crippen LogP contribution in [0.25, 0.3) is 0 Å². The first-order chi connectivity index (χ1) is 10.2. The number of hydrogen-bond donors (Lipinski definition) is 1. The molecule has 1 fully saturated rings. The number of hydrogen-bond acceptors (Lipinski definition) is 4. The van der Waals surface area contributed by atoms with Crippen molar-refractivity contribution in [2.24, 2.45) is 10.9 Å². The minimum absolute atomic E-state index is 0.463. The van der Waals surface area contributed by atoms with Crippen LogP contribution >= 0.6 is 11.8 Å². The van der Waals surface area contributed by atoms with Gasteiger partial charge in [0, 0.05) is 30.2 Å². The zero-order valence-electron chi connectivity index (χ0n) is 13.0. The lowest BCUT2D eigenvalue weighted by Gasteiger charge is -2.28. The highest BCUT2D eigenvalue weighted by Gasteiger charge is 2.21. The van der Waals surface area contributed by atoms with E-state index in [9.17, 15) is 0 Å². The minimum Gasteiger partial charge on any atom is -0.372 e. The Morgan fingerprint density at radius 1 is 1.14 bits per heavy atom. The largest absolute Gasteiger partial charge is 0.372 e. The summed E-state index contributed by atoms with van der Waals surface area (Å²) in [6.07, 6.45) is 4.03. The average molecular weight is 303 g/mol. The average Bonchev–Trinajstić information content (AvgIpc) is 2.98. The second-order valence-electron chi connectivity index (χ2n) is 6.28. The van der Waals surface area contributed by atoms with E-state index in [0.717, 1.165) is 16.6 Å². The third-order valence-corrected chi connectivity index (χ3v) is 5.27. The van der Waals surface area contributed by atoms with Crippen molar-refractivity contribution in [3.63, 3.8) is 0 Å². The first kappa shape index (κ1) is 14.8. The Hall–Kier alpha value is -1.16. The number of thioether (sulfide) groups is 1. The van der Waals surface area contributed by atoms with Gasteiger partial charge in [0.15, 0.2) is 5.17 Å². The van der Waals surface area contributed by atoms with Crippen molar-refractivity contribution in [3.8, 4) is 0 Å². The topological polar surface area (TPSA) is 27.6 Å². The molecular weight excluding hydrogens is 278 g/mol. The van der Waals surface area contributed by atoms with Gasteiger partial charge in [-0.3, -0.25) is 4.99 Å². The predicted octanol–water partition coefficient (Wildman–Crippen LogP) is 4.22. The second kappa shape index (κ2) is 6.73. The number of piperidine rings is 1. The Labute approximate surface area is 132 Å². The van der Waals surface area contributed by atoms with Crippen LogP contribution in [-0.2, 0) is 0 Å². The number of nitrogens with one attached hydrogen (secondary N) is 1. The zero-order chi connectivity index (χ0) is 14.7. The number of anilines is 2.